The maximum atomic E-state index is 11.7. The number of urea groups is 1. The van der Waals surface area contributed by atoms with Gasteiger partial charge in [0.1, 0.15) is 5.76 Å². The molecule has 2 amide bonds. The summed E-state index contributed by atoms with van der Waals surface area (Å²) in [6.07, 6.45) is 3.59. The van der Waals surface area contributed by atoms with Crippen molar-refractivity contribution in [2.75, 3.05) is 5.32 Å². The fourth-order valence-electron chi connectivity index (χ4n) is 1.94. The molecule has 7 nitrogen and oxygen atoms in total. The van der Waals surface area contributed by atoms with Crippen molar-refractivity contribution in [2.24, 2.45) is 0 Å². The quantitative estimate of drug-likeness (QED) is 0.774. The SMILES string of the molecule is Cc1cc(NC(=O)NCc2cnn(-c3ccccc3)c2)no1. The van der Waals surface area contributed by atoms with Crippen LogP contribution in [0, 0.1) is 6.92 Å². The average molecular weight is 297 g/mol. The molecule has 22 heavy (non-hydrogen) atoms. The van der Waals surface area contributed by atoms with Crippen LogP contribution in [0.2, 0.25) is 0 Å². The Morgan fingerprint density at radius 3 is 2.86 bits per heavy atom. The van der Waals surface area contributed by atoms with E-state index in [4.69, 9.17) is 4.52 Å². The molecular weight excluding hydrogens is 282 g/mol. The van der Waals surface area contributed by atoms with Crippen molar-refractivity contribution in [1.82, 2.24) is 20.3 Å². The van der Waals surface area contributed by atoms with Gasteiger partial charge in [0.2, 0.25) is 0 Å². The van der Waals surface area contributed by atoms with Crippen LogP contribution >= 0.6 is 0 Å². The zero-order chi connectivity index (χ0) is 15.4. The third-order valence-electron chi connectivity index (χ3n) is 2.98. The van der Waals surface area contributed by atoms with E-state index in [9.17, 15) is 4.79 Å². The first-order valence-corrected chi connectivity index (χ1v) is 6.78. The van der Waals surface area contributed by atoms with Crippen molar-refractivity contribution >= 4 is 11.8 Å². The Bertz CT molecular complexity index is 763. The number of nitrogens with zero attached hydrogens (tertiary/aromatic N) is 3. The monoisotopic (exact) mass is 297 g/mol. The standard InChI is InChI=1S/C15H15N5O2/c1-11-7-14(19-22-11)18-15(21)16-8-12-9-17-20(10-12)13-5-3-2-4-6-13/h2-7,9-10H,8H2,1H3,(H2,16,18,19,21). The summed E-state index contributed by atoms with van der Waals surface area (Å²) >= 11 is 0. The van der Waals surface area contributed by atoms with E-state index in [0.717, 1.165) is 11.3 Å². The number of carbonyl (C=O) groups excluding carboxylic acids is 1. The number of aromatic nitrogens is 3. The molecule has 0 saturated carbocycles. The number of hydrogen-bond donors (Lipinski definition) is 2. The number of hydrogen-bond acceptors (Lipinski definition) is 4. The molecule has 0 saturated heterocycles. The molecule has 2 aromatic heterocycles. The van der Waals surface area contributed by atoms with Crippen LogP contribution in [0.4, 0.5) is 10.6 Å². The molecule has 0 aliphatic rings. The van der Waals surface area contributed by atoms with Crippen molar-refractivity contribution in [1.29, 1.82) is 0 Å². The van der Waals surface area contributed by atoms with Crippen LogP contribution in [0.25, 0.3) is 5.69 Å². The van der Waals surface area contributed by atoms with Crippen molar-refractivity contribution in [3.8, 4) is 5.69 Å². The third kappa shape index (κ3) is 3.32. The molecule has 0 bridgehead atoms. The van der Waals surface area contributed by atoms with E-state index in [1.54, 1.807) is 23.9 Å². The van der Waals surface area contributed by atoms with E-state index in [1.807, 2.05) is 36.5 Å². The van der Waals surface area contributed by atoms with E-state index >= 15 is 0 Å². The first-order valence-electron chi connectivity index (χ1n) is 6.78. The molecule has 112 valence electrons. The van der Waals surface area contributed by atoms with Gasteiger partial charge in [0.15, 0.2) is 5.82 Å². The van der Waals surface area contributed by atoms with Gasteiger partial charge in [-0.15, -0.1) is 0 Å². The number of aryl methyl sites for hydroxylation is 1. The Hall–Kier alpha value is -3.09. The van der Waals surface area contributed by atoms with Gasteiger partial charge < -0.3 is 9.84 Å². The van der Waals surface area contributed by atoms with Gasteiger partial charge in [0.05, 0.1) is 11.9 Å². The lowest BCUT2D eigenvalue weighted by molar-refractivity contribution is 0.251. The van der Waals surface area contributed by atoms with E-state index in [1.165, 1.54) is 0 Å². The highest BCUT2D eigenvalue weighted by atomic mass is 16.5. The highest BCUT2D eigenvalue weighted by molar-refractivity contribution is 5.88. The van der Waals surface area contributed by atoms with Gasteiger partial charge in [-0.05, 0) is 19.1 Å². The lowest BCUT2D eigenvalue weighted by Crippen LogP contribution is -2.28. The molecule has 0 aliphatic heterocycles. The summed E-state index contributed by atoms with van der Waals surface area (Å²) in [7, 11) is 0. The van der Waals surface area contributed by atoms with Gasteiger partial charge in [-0.1, -0.05) is 23.4 Å². The fourth-order valence-corrected chi connectivity index (χ4v) is 1.94. The molecule has 0 aliphatic carbocycles. The summed E-state index contributed by atoms with van der Waals surface area (Å²) in [5, 5.41) is 13.3. The summed E-state index contributed by atoms with van der Waals surface area (Å²) in [6.45, 7) is 2.13. The Morgan fingerprint density at radius 1 is 1.32 bits per heavy atom. The minimum atomic E-state index is -0.347. The van der Waals surface area contributed by atoms with E-state index in [0.29, 0.717) is 18.1 Å². The van der Waals surface area contributed by atoms with Gasteiger partial charge in [-0.3, -0.25) is 5.32 Å². The summed E-state index contributed by atoms with van der Waals surface area (Å²) in [5.74, 6) is 1.02. The van der Waals surface area contributed by atoms with Gasteiger partial charge >= 0.3 is 6.03 Å². The van der Waals surface area contributed by atoms with Crippen LogP contribution in [0.3, 0.4) is 0 Å². The normalized spacial score (nSPS) is 10.4. The van der Waals surface area contributed by atoms with Crippen molar-refractivity contribution in [3.05, 3.63) is 60.1 Å². The zero-order valence-corrected chi connectivity index (χ0v) is 12.0. The summed E-state index contributed by atoms with van der Waals surface area (Å²) < 4.78 is 6.63. The minimum Gasteiger partial charge on any atom is -0.360 e. The second-order valence-electron chi connectivity index (χ2n) is 4.76. The van der Waals surface area contributed by atoms with Crippen molar-refractivity contribution in [3.63, 3.8) is 0 Å². The topological polar surface area (TPSA) is 85.0 Å². The largest absolute Gasteiger partial charge is 0.360 e. The van der Waals surface area contributed by atoms with E-state index in [-0.39, 0.29) is 6.03 Å². The molecule has 0 spiro atoms. The molecule has 3 aromatic rings. The lowest BCUT2D eigenvalue weighted by Gasteiger charge is -2.03. The molecule has 2 heterocycles. The lowest BCUT2D eigenvalue weighted by atomic mass is 10.3. The van der Waals surface area contributed by atoms with Gasteiger partial charge in [0, 0.05) is 24.4 Å². The smallest absolute Gasteiger partial charge is 0.320 e. The van der Waals surface area contributed by atoms with E-state index in [2.05, 4.69) is 20.9 Å². The van der Waals surface area contributed by atoms with Crippen LogP contribution in [0.1, 0.15) is 11.3 Å². The number of carbonyl (C=O) groups is 1. The summed E-state index contributed by atoms with van der Waals surface area (Å²) in [5.41, 5.74) is 1.87. The summed E-state index contributed by atoms with van der Waals surface area (Å²) in [4.78, 5) is 11.7. The van der Waals surface area contributed by atoms with E-state index < -0.39 is 0 Å². The number of rotatable bonds is 4. The van der Waals surface area contributed by atoms with Crippen LogP contribution in [-0.2, 0) is 6.54 Å². The Labute approximate surface area is 126 Å². The van der Waals surface area contributed by atoms with Crippen LogP contribution in [0.15, 0.2) is 53.3 Å². The van der Waals surface area contributed by atoms with Gasteiger partial charge in [0.25, 0.3) is 0 Å². The minimum absolute atomic E-state index is 0.347. The number of anilines is 1. The molecule has 1 aromatic carbocycles. The van der Waals surface area contributed by atoms with Crippen LogP contribution in [0.5, 0.6) is 0 Å². The van der Waals surface area contributed by atoms with Crippen molar-refractivity contribution < 1.29 is 9.32 Å². The Morgan fingerprint density at radius 2 is 2.14 bits per heavy atom. The molecular formula is C15H15N5O2. The van der Waals surface area contributed by atoms with Crippen molar-refractivity contribution in [2.45, 2.75) is 13.5 Å². The molecule has 0 radical (unpaired) electrons. The maximum absolute atomic E-state index is 11.7. The highest BCUT2D eigenvalue weighted by Crippen LogP contribution is 2.08. The third-order valence-corrected chi connectivity index (χ3v) is 2.98. The predicted molar refractivity (Wildman–Crippen MR) is 80.7 cm³/mol. The number of para-hydroxylation sites is 1. The Balaban J connectivity index is 1.56. The second kappa shape index (κ2) is 6.13. The zero-order valence-electron chi connectivity index (χ0n) is 12.0. The first-order chi connectivity index (χ1) is 10.7. The van der Waals surface area contributed by atoms with Crippen LogP contribution in [-0.4, -0.2) is 21.0 Å². The first kappa shape index (κ1) is 13.9. The average Bonchev–Trinajstić information content (AvgIpc) is 3.15. The number of amides is 2. The second-order valence-corrected chi connectivity index (χ2v) is 4.76. The Kier molecular flexibility index (Phi) is 3.86. The van der Waals surface area contributed by atoms with Crippen LogP contribution < -0.4 is 10.6 Å². The highest BCUT2D eigenvalue weighted by Gasteiger charge is 2.06. The van der Waals surface area contributed by atoms with Gasteiger partial charge in [-0.2, -0.15) is 5.10 Å². The number of nitrogens with one attached hydrogen (secondary N) is 2. The molecule has 2 N–H and O–H groups in total. The molecule has 7 heteroatoms. The van der Waals surface area contributed by atoms with Gasteiger partial charge in [-0.25, -0.2) is 9.48 Å². The summed E-state index contributed by atoms with van der Waals surface area (Å²) in [6, 6.07) is 11.1. The molecule has 0 atom stereocenters. The molecule has 0 fully saturated rings. The fraction of sp³-hybridized carbons (Fsp3) is 0.133. The predicted octanol–water partition coefficient (Wildman–Crippen LogP) is 2.49. The number of benzene rings is 1. The maximum Gasteiger partial charge on any atom is 0.320 e. The molecule has 3 rings (SSSR count). The molecule has 0 unspecified atom stereocenters.